The fourth-order valence-electron chi connectivity index (χ4n) is 3.16. The number of carbonyl (C=O) groups excluding carboxylic acids is 1. The standard InChI is InChI=1S/C20H33N5O2.HI/c1-21-20(22-10-13-24(2)11-6-14-27-3)23-15-19(26)25-12-9-17-7-4-5-8-18(17)16-25;/h4-5,7-8H,6,9-16H2,1-3H3,(H2,21,22,23);1H. The van der Waals surface area contributed by atoms with Gasteiger partial charge in [-0.05, 0) is 31.0 Å². The molecule has 0 bridgehead atoms. The van der Waals surface area contributed by atoms with Crippen molar-refractivity contribution in [1.82, 2.24) is 20.4 Å². The van der Waals surface area contributed by atoms with Crippen molar-refractivity contribution < 1.29 is 9.53 Å². The number of guanidine groups is 1. The van der Waals surface area contributed by atoms with E-state index in [1.54, 1.807) is 14.2 Å². The van der Waals surface area contributed by atoms with Gasteiger partial charge in [0.25, 0.3) is 0 Å². The van der Waals surface area contributed by atoms with Gasteiger partial charge in [0.2, 0.25) is 5.91 Å². The molecule has 1 aliphatic rings. The van der Waals surface area contributed by atoms with Gasteiger partial charge in [-0.1, -0.05) is 24.3 Å². The summed E-state index contributed by atoms with van der Waals surface area (Å²) in [5.41, 5.74) is 2.60. The summed E-state index contributed by atoms with van der Waals surface area (Å²) in [6.07, 6.45) is 1.94. The van der Waals surface area contributed by atoms with E-state index in [0.717, 1.165) is 45.6 Å². The lowest BCUT2D eigenvalue weighted by molar-refractivity contribution is -0.130. The summed E-state index contributed by atoms with van der Waals surface area (Å²) in [6, 6.07) is 8.34. The highest BCUT2D eigenvalue weighted by Crippen LogP contribution is 2.18. The summed E-state index contributed by atoms with van der Waals surface area (Å²) in [4.78, 5) is 20.9. The van der Waals surface area contributed by atoms with Gasteiger partial charge in [-0.15, -0.1) is 24.0 Å². The van der Waals surface area contributed by atoms with E-state index in [1.165, 1.54) is 11.1 Å². The van der Waals surface area contributed by atoms with E-state index < -0.39 is 0 Å². The molecule has 0 aliphatic carbocycles. The third-order valence-electron chi connectivity index (χ3n) is 4.79. The lowest BCUT2D eigenvalue weighted by Gasteiger charge is -2.29. The maximum Gasteiger partial charge on any atom is 0.242 e. The van der Waals surface area contributed by atoms with Crippen molar-refractivity contribution in [1.29, 1.82) is 0 Å². The zero-order valence-electron chi connectivity index (χ0n) is 17.2. The van der Waals surface area contributed by atoms with Crippen LogP contribution < -0.4 is 10.6 Å². The van der Waals surface area contributed by atoms with Crippen LogP contribution in [-0.4, -0.2) is 82.2 Å². The van der Waals surface area contributed by atoms with Gasteiger partial charge in [0, 0.05) is 53.5 Å². The molecule has 2 rings (SSSR count). The summed E-state index contributed by atoms with van der Waals surface area (Å²) in [6.45, 7) is 5.17. The molecule has 2 N–H and O–H groups in total. The van der Waals surface area contributed by atoms with Gasteiger partial charge in [-0.2, -0.15) is 0 Å². The van der Waals surface area contributed by atoms with Crippen molar-refractivity contribution in [3.05, 3.63) is 35.4 Å². The highest BCUT2D eigenvalue weighted by molar-refractivity contribution is 14.0. The second-order valence-electron chi connectivity index (χ2n) is 6.84. The SMILES string of the molecule is CN=C(NCCN(C)CCCOC)NCC(=O)N1CCc2ccccc2C1.I. The Balaban J connectivity index is 0.00000392. The average Bonchev–Trinajstić information content (AvgIpc) is 2.70. The lowest BCUT2D eigenvalue weighted by atomic mass is 10.00. The number of amides is 1. The Kier molecular flexibility index (Phi) is 12.1. The minimum Gasteiger partial charge on any atom is -0.385 e. The number of rotatable bonds is 9. The normalized spacial score (nSPS) is 13.7. The van der Waals surface area contributed by atoms with Crippen molar-refractivity contribution >= 4 is 35.8 Å². The summed E-state index contributed by atoms with van der Waals surface area (Å²) in [5, 5.41) is 6.39. The van der Waals surface area contributed by atoms with Crippen LogP contribution in [0.5, 0.6) is 0 Å². The van der Waals surface area contributed by atoms with Crippen molar-refractivity contribution in [2.45, 2.75) is 19.4 Å². The molecule has 1 heterocycles. The number of methoxy groups -OCH3 is 1. The van der Waals surface area contributed by atoms with Crippen LogP contribution >= 0.6 is 24.0 Å². The van der Waals surface area contributed by atoms with Gasteiger partial charge in [-0.25, -0.2) is 0 Å². The van der Waals surface area contributed by atoms with Gasteiger partial charge in [0.05, 0.1) is 6.54 Å². The first-order valence-corrected chi connectivity index (χ1v) is 9.60. The smallest absolute Gasteiger partial charge is 0.242 e. The number of likely N-dealkylation sites (N-methyl/N-ethyl adjacent to an activating group) is 1. The first kappa shape index (κ1) is 24.6. The molecular formula is C20H34IN5O2. The van der Waals surface area contributed by atoms with Crippen molar-refractivity contribution in [3.8, 4) is 0 Å². The van der Waals surface area contributed by atoms with Crippen LogP contribution in [0.25, 0.3) is 0 Å². The van der Waals surface area contributed by atoms with Gasteiger partial charge in [0.1, 0.15) is 0 Å². The molecule has 1 aliphatic heterocycles. The second kappa shape index (κ2) is 13.7. The third-order valence-corrected chi connectivity index (χ3v) is 4.79. The number of fused-ring (bicyclic) bond motifs is 1. The highest BCUT2D eigenvalue weighted by atomic mass is 127. The Morgan fingerprint density at radius 2 is 2.00 bits per heavy atom. The summed E-state index contributed by atoms with van der Waals surface area (Å²) in [5.74, 6) is 0.759. The number of halogens is 1. The molecule has 1 aromatic rings. The maximum absolute atomic E-state index is 12.5. The number of nitrogens with one attached hydrogen (secondary N) is 2. The van der Waals surface area contributed by atoms with Crippen LogP contribution in [0.2, 0.25) is 0 Å². The molecule has 0 saturated heterocycles. The quantitative estimate of drug-likeness (QED) is 0.230. The van der Waals surface area contributed by atoms with Crippen LogP contribution in [0.15, 0.2) is 29.3 Å². The zero-order chi connectivity index (χ0) is 19.5. The Bertz CT molecular complexity index is 626. The number of aliphatic imine (C=N–C) groups is 1. The minimum absolute atomic E-state index is 0. The van der Waals surface area contributed by atoms with Crippen LogP contribution in [0.3, 0.4) is 0 Å². The minimum atomic E-state index is 0. The fraction of sp³-hybridized carbons (Fsp3) is 0.600. The number of benzene rings is 1. The van der Waals surface area contributed by atoms with Crippen molar-refractivity contribution in [3.63, 3.8) is 0 Å². The number of nitrogens with zero attached hydrogens (tertiary/aromatic N) is 3. The van der Waals surface area contributed by atoms with E-state index in [4.69, 9.17) is 4.74 Å². The van der Waals surface area contributed by atoms with Crippen LogP contribution in [0.4, 0.5) is 0 Å². The number of ether oxygens (including phenoxy) is 1. The summed E-state index contributed by atoms with van der Waals surface area (Å²) in [7, 11) is 5.53. The molecule has 1 amide bonds. The number of hydrogen-bond donors (Lipinski definition) is 2. The Hall–Kier alpha value is -1.39. The van der Waals surface area contributed by atoms with Crippen LogP contribution in [-0.2, 0) is 22.5 Å². The summed E-state index contributed by atoms with van der Waals surface area (Å²) < 4.78 is 5.07. The molecule has 7 nitrogen and oxygen atoms in total. The zero-order valence-corrected chi connectivity index (χ0v) is 19.6. The van der Waals surface area contributed by atoms with E-state index >= 15 is 0 Å². The predicted molar refractivity (Wildman–Crippen MR) is 124 cm³/mol. The Labute approximate surface area is 185 Å². The molecule has 1 aromatic carbocycles. The van der Waals surface area contributed by atoms with E-state index in [9.17, 15) is 4.79 Å². The maximum atomic E-state index is 12.5. The van der Waals surface area contributed by atoms with E-state index in [1.807, 2.05) is 11.0 Å². The molecule has 0 aromatic heterocycles. The molecule has 0 unspecified atom stereocenters. The highest BCUT2D eigenvalue weighted by Gasteiger charge is 2.20. The Morgan fingerprint density at radius 1 is 1.25 bits per heavy atom. The third kappa shape index (κ3) is 8.32. The molecule has 0 radical (unpaired) electrons. The number of hydrogen-bond acceptors (Lipinski definition) is 4. The first-order chi connectivity index (χ1) is 13.1. The largest absolute Gasteiger partial charge is 0.385 e. The molecule has 158 valence electrons. The van der Waals surface area contributed by atoms with Crippen LogP contribution in [0.1, 0.15) is 17.5 Å². The average molecular weight is 503 g/mol. The number of carbonyl (C=O) groups is 1. The Morgan fingerprint density at radius 3 is 2.71 bits per heavy atom. The monoisotopic (exact) mass is 503 g/mol. The van der Waals surface area contributed by atoms with E-state index in [2.05, 4.69) is 45.8 Å². The summed E-state index contributed by atoms with van der Waals surface area (Å²) >= 11 is 0. The van der Waals surface area contributed by atoms with E-state index in [0.29, 0.717) is 12.5 Å². The van der Waals surface area contributed by atoms with Gasteiger partial charge in [-0.3, -0.25) is 9.79 Å². The molecular weight excluding hydrogens is 469 g/mol. The fourth-order valence-corrected chi connectivity index (χ4v) is 3.16. The van der Waals surface area contributed by atoms with Gasteiger partial charge < -0.3 is 25.2 Å². The second-order valence-corrected chi connectivity index (χ2v) is 6.84. The van der Waals surface area contributed by atoms with Gasteiger partial charge in [0.15, 0.2) is 5.96 Å². The van der Waals surface area contributed by atoms with Crippen LogP contribution in [0, 0.1) is 0 Å². The van der Waals surface area contributed by atoms with Gasteiger partial charge >= 0.3 is 0 Å². The van der Waals surface area contributed by atoms with Crippen molar-refractivity contribution in [2.24, 2.45) is 4.99 Å². The predicted octanol–water partition coefficient (Wildman–Crippen LogP) is 1.32. The lowest BCUT2D eigenvalue weighted by Crippen LogP contribution is -2.47. The molecule has 0 atom stereocenters. The molecule has 0 spiro atoms. The molecule has 0 saturated carbocycles. The molecule has 0 fully saturated rings. The first-order valence-electron chi connectivity index (χ1n) is 9.60. The van der Waals surface area contributed by atoms with E-state index in [-0.39, 0.29) is 36.4 Å². The van der Waals surface area contributed by atoms with Crippen molar-refractivity contribution in [2.75, 3.05) is 60.5 Å². The topological polar surface area (TPSA) is 69.2 Å². The molecule has 28 heavy (non-hydrogen) atoms. The molecule has 8 heteroatoms.